The molecule has 1 aliphatic carbocycles. The van der Waals surface area contributed by atoms with Gasteiger partial charge in [0, 0.05) is 22.4 Å². The van der Waals surface area contributed by atoms with Gasteiger partial charge in [0.05, 0.1) is 0 Å². The van der Waals surface area contributed by atoms with E-state index in [2.05, 4.69) is 26.7 Å². The zero-order valence-corrected chi connectivity index (χ0v) is 16.6. The van der Waals surface area contributed by atoms with Crippen molar-refractivity contribution in [2.24, 2.45) is 11.7 Å². The third kappa shape index (κ3) is 3.22. The van der Waals surface area contributed by atoms with Crippen LogP contribution in [0.3, 0.4) is 0 Å². The number of hydrogen-bond donors (Lipinski definition) is 1. The van der Waals surface area contributed by atoms with Gasteiger partial charge in [-0.3, -0.25) is 0 Å². The Hall–Kier alpha value is -2.94. The van der Waals surface area contributed by atoms with Crippen LogP contribution < -0.4 is 16.2 Å². The summed E-state index contributed by atoms with van der Waals surface area (Å²) in [6, 6.07) is 3.41. The third-order valence-corrected chi connectivity index (χ3v) is 5.52. The molecule has 1 unspecified atom stereocenters. The number of allylic oxidation sites excluding steroid dienone is 4. The Morgan fingerprint density at radius 3 is 2.25 bits per heavy atom. The number of halogens is 2. The van der Waals surface area contributed by atoms with Gasteiger partial charge in [-0.05, 0) is 71.0 Å². The smallest absolute Gasteiger partial charge is 0.167 e. The molecule has 0 saturated heterocycles. The first-order valence-electron chi connectivity index (χ1n) is 9.27. The van der Waals surface area contributed by atoms with Crippen molar-refractivity contribution < 1.29 is 8.78 Å². The molecular formula is C25H25F2N. The van der Waals surface area contributed by atoms with Crippen molar-refractivity contribution in [2.75, 3.05) is 0 Å². The monoisotopic (exact) mass is 377 g/mol. The Bertz CT molecular complexity index is 1120. The van der Waals surface area contributed by atoms with Crippen molar-refractivity contribution in [3.05, 3.63) is 81.3 Å². The van der Waals surface area contributed by atoms with Gasteiger partial charge in [-0.25, -0.2) is 8.78 Å². The minimum atomic E-state index is -0.865. The van der Waals surface area contributed by atoms with Gasteiger partial charge in [-0.2, -0.15) is 0 Å². The van der Waals surface area contributed by atoms with E-state index in [-0.39, 0.29) is 5.56 Å². The largest absolute Gasteiger partial charge is 0.399 e. The van der Waals surface area contributed by atoms with Crippen molar-refractivity contribution in [3.8, 4) is 11.1 Å². The number of hydrogen-bond acceptors (Lipinski definition) is 1. The molecule has 1 nitrogen and oxygen atoms in total. The maximum atomic E-state index is 15.3. The molecule has 28 heavy (non-hydrogen) atoms. The first kappa shape index (κ1) is 19.8. The lowest BCUT2D eigenvalue weighted by atomic mass is 9.86. The topological polar surface area (TPSA) is 26.0 Å². The average Bonchev–Trinajstić information content (AvgIpc) is 2.64. The quantitative estimate of drug-likeness (QED) is 0.802. The molecule has 2 N–H and O–H groups in total. The Kier molecular flexibility index (Phi) is 5.12. The van der Waals surface area contributed by atoms with Crippen LogP contribution in [0.25, 0.3) is 35.6 Å². The van der Waals surface area contributed by atoms with E-state index in [1.165, 1.54) is 0 Å². The summed E-state index contributed by atoms with van der Waals surface area (Å²) in [5.74, 6) is -1.30. The summed E-state index contributed by atoms with van der Waals surface area (Å²) >= 11 is 0. The SMILES string of the molecule is C=C(N)c1cc(-c2c(C)c(C)c(C3=CCC(C)C=C3)c(F)c2F)cc(=C)c1=C. The van der Waals surface area contributed by atoms with E-state index in [4.69, 9.17) is 5.73 Å². The molecule has 0 aliphatic heterocycles. The molecule has 1 atom stereocenters. The Balaban J connectivity index is 2.29. The Labute approximate surface area is 164 Å². The van der Waals surface area contributed by atoms with Crippen molar-refractivity contribution in [3.63, 3.8) is 0 Å². The van der Waals surface area contributed by atoms with Crippen molar-refractivity contribution in [1.29, 1.82) is 0 Å². The summed E-state index contributed by atoms with van der Waals surface area (Å²) in [7, 11) is 0. The van der Waals surface area contributed by atoms with E-state index in [9.17, 15) is 0 Å². The molecule has 0 saturated carbocycles. The summed E-state index contributed by atoms with van der Waals surface area (Å²) in [6.07, 6.45) is 6.68. The van der Waals surface area contributed by atoms with Crippen LogP contribution in [0.15, 0.2) is 36.9 Å². The fourth-order valence-electron chi connectivity index (χ4n) is 3.69. The molecule has 0 spiro atoms. The molecular weight excluding hydrogens is 352 g/mol. The molecule has 0 bridgehead atoms. The highest BCUT2D eigenvalue weighted by Gasteiger charge is 2.24. The highest BCUT2D eigenvalue weighted by Crippen LogP contribution is 2.37. The van der Waals surface area contributed by atoms with E-state index in [0.717, 1.165) is 17.6 Å². The molecule has 0 heterocycles. The van der Waals surface area contributed by atoms with Gasteiger partial charge in [0.2, 0.25) is 0 Å². The highest BCUT2D eigenvalue weighted by molar-refractivity contribution is 5.82. The molecule has 3 rings (SSSR count). The molecule has 0 radical (unpaired) electrons. The molecule has 2 aromatic rings. The van der Waals surface area contributed by atoms with Crippen LogP contribution in [-0.2, 0) is 0 Å². The molecule has 144 valence electrons. The zero-order chi connectivity index (χ0) is 20.7. The number of benzene rings is 2. The lowest BCUT2D eigenvalue weighted by Gasteiger charge is -2.20. The summed E-state index contributed by atoms with van der Waals surface area (Å²) in [6.45, 7) is 17.4. The second kappa shape index (κ2) is 7.23. The van der Waals surface area contributed by atoms with Gasteiger partial charge in [0.1, 0.15) is 0 Å². The Morgan fingerprint density at radius 2 is 1.68 bits per heavy atom. The van der Waals surface area contributed by atoms with Gasteiger partial charge in [0.25, 0.3) is 0 Å². The Morgan fingerprint density at radius 1 is 1.07 bits per heavy atom. The summed E-state index contributed by atoms with van der Waals surface area (Å²) in [5, 5.41) is 1.24. The fraction of sp³-hybridized carbons (Fsp3) is 0.200. The van der Waals surface area contributed by atoms with Gasteiger partial charge in [0.15, 0.2) is 11.6 Å². The summed E-state index contributed by atoms with van der Waals surface area (Å²) in [5.41, 5.74) is 9.96. The average molecular weight is 377 g/mol. The molecule has 0 amide bonds. The van der Waals surface area contributed by atoms with E-state index < -0.39 is 11.6 Å². The van der Waals surface area contributed by atoms with Gasteiger partial charge < -0.3 is 5.73 Å². The van der Waals surface area contributed by atoms with E-state index in [0.29, 0.717) is 44.3 Å². The molecule has 2 aromatic carbocycles. The van der Waals surface area contributed by atoms with Crippen LogP contribution >= 0.6 is 0 Å². The van der Waals surface area contributed by atoms with E-state index >= 15 is 8.78 Å². The van der Waals surface area contributed by atoms with Crippen molar-refractivity contribution >= 4 is 24.4 Å². The minimum absolute atomic E-state index is 0.222. The van der Waals surface area contributed by atoms with Crippen LogP contribution in [0.1, 0.15) is 35.6 Å². The fourth-order valence-corrected chi connectivity index (χ4v) is 3.69. The molecule has 0 aromatic heterocycles. The van der Waals surface area contributed by atoms with Gasteiger partial charge >= 0.3 is 0 Å². The van der Waals surface area contributed by atoms with E-state index in [1.807, 2.05) is 32.1 Å². The van der Waals surface area contributed by atoms with E-state index in [1.54, 1.807) is 12.1 Å². The van der Waals surface area contributed by atoms with Crippen molar-refractivity contribution in [1.82, 2.24) is 0 Å². The predicted molar refractivity (Wildman–Crippen MR) is 116 cm³/mol. The van der Waals surface area contributed by atoms with Crippen LogP contribution in [-0.4, -0.2) is 0 Å². The van der Waals surface area contributed by atoms with Crippen LogP contribution in [0.4, 0.5) is 8.78 Å². The molecule has 0 fully saturated rings. The summed E-state index contributed by atoms with van der Waals surface area (Å²) < 4.78 is 30.5. The number of rotatable bonds is 3. The van der Waals surface area contributed by atoms with Crippen LogP contribution in [0.5, 0.6) is 0 Å². The second-order valence-corrected chi connectivity index (χ2v) is 7.55. The van der Waals surface area contributed by atoms with Gasteiger partial charge in [-0.15, -0.1) is 0 Å². The van der Waals surface area contributed by atoms with Crippen LogP contribution in [0.2, 0.25) is 0 Å². The first-order chi connectivity index (χ1) is 13.1. The zero-order valence-electron chi connectivity index (χ0n) is 16.6. The predicted octanol–water partition coefficient (Wildman–Crippen LogP) is 4.98. The lowest BCUT2D eigenvalue weighted by molar-refractivity contribution is 0.507. The lowest BCUT2D eigenvalue weighted by Crippen LogP contribution is -2.27. The standard InChI is InChI=1S/C25H25F2N/c1-13-7-9-19(10-8-13)22-16(4)17(5)23(25(27)24(22)26)20-11-14(2)15(3)21(12-20)18(6)28/h7,9-13H,2-3,6,8,28H2,1,4-5H3. The minimum Gasteiger partial charge on any atom is -0.399 e. The normalized spacial score (nSPS) is 16.2. The third-order valence-electron chi connectivity index (χ3n) is 5.52. The van der Waals surface area contributed by atoms with Crippen molar-refractivity contribution in [2.45, 2.75) is 27.2 Å². The second-order valence-electron chi connectivity index (χ2n) is 7.55. The maximum Gasteiger partial charge on any atom is 0.167 e. The highest BCUT2D eigenvalue weighted by atomic mass is 19.2. The van der Waals surface area contributed by atoms with Gasteiger partial charge in [-0.1, -0.05) is 44.9 Å². The van der Waals surface area contributed by atoms with Crippen LogP contribution in [0, 0.1) is 31.4 Å². The maximum absolute atomic E-state index is 15.3. The first-order valence-corrected chi connectivity index (χ1v) is 9.27. The number of nitrogens with two attached hydrogens (primary N) is 1. The molecule has 1 aliphatic rings. The summed E-state index contributed by atoms with van der Waals surface area (Å²) in [4.78, 5) is 0. The molecule has 3 heteroatoms.